The van der Waals surface area contributed by atoms with Gasteiger partial charge in [-0.2, -0.15) is 0 Å². The average Bonchev–Trinajstić information content (AvgIpc) is 3.22. The largest absolute Gasteiger partial charge is 0.336 e. The van der Waals surface area contributed by atoms with E-state index in [9.17, 15) is 4.79 Å². The molecule has 0 aliphatic carbocycles. The molecule has 2 saturated heterocycles. The number of anilines is 1. The van der Waals surface area contributed by atoms with Gasteiger partial charge in [0.05, 0.1) is 24.0 Å². The van der Waals surface area contributed by atoms with Crippen LogP contribution in [-0.4, -0.2) is 66.4 Å². The Hall–Kier alpha value is -3.36. The fourth-order valence-corrected chi connectivity index (χ4v) is 4.42. The van der Waals surface area contributed by atoms with Gasteiger partial charge in [0.1, 0.15) is 0 Å². The molecule has 0 bridgehead atoms. The molecule has 2 aliphatic heterocycles. The first-order chi connectivity index (χ1) is 14.5. The van der Waals surface area contributed by atoms with Crippen molar-refractivity contribution in [2.24, 2.45) is 5.92 Å². The van der Waals surface area contributed by atoms with E-state index in [0.29, 0.717) is 23.8 Å². The zero-order chi connectivity index (χ0) is 20.8. The van der Waals surface area contributed by atoms with Crippen molar-refractivity contribution in [3.05, 3.63) is 53.2 Å². The predicted octanol–water partition coefficient (Wildman–Crippen LogP) is 1.73. The number of rotatable bonds is 3. The molecule has 2 unspecified atom stereocenters. The van der Waals surface area contributed by atoms with E-state index >= 15 is 0 Å². The average molecular weight is 404 g/mol. The lowest BCUT2D eigenvalue weighted by Crippen LogP contribution is -2.65. The summed E-state index contributed by atoms with van der Waals surface area (Å²) in [7, 11) is 0. The van der Waals surface area contributed by atoms with Crippen molar-refractivity contribution in [3.8, 4) is 5.82 Å². The van der Waals surface area contributed by atoms with Crippen LogP contribution in [0.5, 0.6) is 0 Å². The second-order valence-corrected chi connectivity index (χ2v) is 8.14. The van der Waals surface area contributed by atoms with E-state index in [1.165, 1.54) is 0 Å². The summed E-state index contributed by atoms with van der Waals surface area (Å²) in [5.74, 6) is 1.83. The SMILES string of the molecule is Cc1cc(C)nc(N2CC3CCN(C(=O)c4ccc(C)nc4-n4ccnn4)CC32)n1. The van der Waals surface area contributed by atoms with Gasteiger partial charge in [-0.3, -0.25) is 4.79 Å². The van der Waals surface area contributed by atoms with Gasteiger partial charge in [-0.15, -0.1) is 5.10 Å². The minimum atomic E-state index is -0.0281. The molecule has 2 fully saturated rings. The number of fused-ring (bicyclic) bond motifs is 1. The third kappa shape index (κ3) is 3.20. The molecule has 0 spiro atoms. The van der Waals surface area contributed by atoms with Gasteiger partial charge in [0.15, 0.2) is 5.82 Å². The fourth-order valence-electron chi connectivity index (χ4n) is 4.42. The van der Waals surface area contributed by atoms with E-state index in [4.69, 9.17) is 0 Å². The quantitative estimate of drug-likeness (QED) is 0.656. The molecule has 30 heavy (non-hydrogen) atoms. The maximum absolute atomic E-state index is 13.4. The van der Waals surface area contributed by atoms with Crippen molar-refractivity contribution in [3.63, 3.8) is 0 Å². The number of carbonyl (C=O) groups excluding carboxylic acids is 1. The zero-order valence-corrected chi connectivity index (χ0v) is 17.4. The van der Waals surface area contributed by atoms with E-state index in [1.54, 1.807) is 17.1 Å². The second-order valence-electron chi connectivity index (χ2n) is 8.14. The number of pyridine rings is 1. The maximum atomic E-state index is 13.4. The number of aryl methyl sites for hydroxylation is 3. The molecule has 1 amide bonds. The van der Waals surface area contributed by atoms with Gasteiger partial charge in [-0.1, -0.05) is 5.21 Å². The van der Waals surface area contributed by atoms with E-state index < -0.39 is 0 Å². The summed E-state index contributed by atoms with van der Waals surface area (Å²) in [4.78, 5) is 31.4. The minimum Gasteiger partial charge on any atom is -0.336 e. The first-order valence-electron chi connectivity index (χ1n) is 10.2. The van der Waals surface area contributed by atoms with Gasteiger partial charge >= 0.3 is 0 Å². The number of hydrogen-bond donors (Lipinski definition) is 0. The second kappa shape index (κ2) is 7.16. The van der Waals surface area contributed by atoms with Crippen molar-refractivity contribution in [2.45, 2.75) is 33.2 Å². The molecule has 2 aliphatic rings. The normalized spacial score (nSPS) is 20.6. The van der Waals surface area contributed by atoms with Crippen LogP contribution in [0.2, 0.25) is 0 Å². The molecule has 3 aromatic rings. The van der Waals surface area contributed by atoms with Crippen molar-refractivity contribution >= 4 is 11.9 Å². The van der Waals surface area contributed by atoms with E-state index in [0.717, 1.165) is 42.5 Å². The summed E-state index contributed by atoms with van der Waals surface area (Å²) in [6, 6.07) is 5.92. The lowest BCUT2D eigenvalue weighted by atomic mass is 9.82. The van der Waals surface area contributed by atoms with Crippen LogP contribution in [0.1, 0.15) is 33.9 Å². The van der Waals surface area contributed by atoms with Crippen molar-refractivity contribution in [2.75, 3.05) is 24.5 Å². The highest BCUT2D eigenvalue weighted by Crippen LogP contribution is 2.35. The van der Waals surface area contributed by atoms with Gasteiger partial charge in [0.25, 0.3) is 5.91 Å². The number of aromatic nitrogens is 6. The maximum Gasteiger partial charge on any atom is 0.257 e. The molecule has 0 saturated carbocycles. The molecule has 9 heteroatoms. The molecule has 5 rings (SSSR count). The summed E-state index contributed by atoms with van der Waals surface area (Å²) in [5.41, 5.74) is 3.30. The number of amides is 1. The van der Waals surface area contributed by atoms with E-state index in [1.807, 2.05) is 43.9 Å². The minimum absolute atomic E-state index is 0.0281. The first kappa shape index (κ1) is 18.7. The Morgan fingerprint density at radius 1 is 1.03 bits per heavy atom. The monoisotopic (exact) mass is 404 g/mol. The Morgan fingerprint density at radius 3 is 2.57 bits per heavy atom. The lowest BCUT2D eigenvalue weighted by Gasteiger charge is -2.53. The van der Waals surface area contributed by atoms with Crippen molar-refractivity contribution in [1.82, 2.24) is 34.8 Å². The Morgan fingerprint density at radius 2 is 1.83 bits per heavy atom. The third-order valence-corrected chi connectivity index (χ3v) is 5.95. The highest BCUT2D eigenvalue weighted by Gasteiger charge is 2.45. The van der Waals surface area contributed by atoms with Gasteiger partial charge in [0.2, 0.25) is 5.95 Å². The molecular weight excluding hydrogens is 380 g/mol. The summed E-state index contributed by atoms with van der Waals surface area (Å²) in [6.45, 7) is 8.23. The Bertz CT molecular complexity index is 1080. The van der Waals surface area contributed by atoms with Gasteiger partial charge < -0.3 is 9.80 Å². The van der Waals surface area contributed by atoms with Crippen molar-refractivity contribution in [1.29, 1.82) is 0 Å². The van der Waals surface area contributed by atoms with Gasteiger partial charge in [-0.25, -0.2) is 19.6 Å². The number of hydrogen-bond acceptors (Lipinski definition) is 7. The van der Waals surface area contributed by atoms with E-state index in [2.05, 4.69) is 30.2 Å². The van der Waals surface area contributed by atoms with Crippen LogP contribution < -0.4 is 4.90 Å². The van der Waals surface area contributed by atoms with Gasteiger partial charge in [0, 0.05) is 42.6 Å². The number of carbonyl (C=O) groups is 1. The van der Waals surface area contributed by atoms with Crippen LogP contribution >= 0.6 is 0 Å². The summed E-state index contributed by atoms with van der Waals surface area (Å²) in [5, 5.41) is 7.89. The Balaban J connectivity index is 1.39. The molecule has 5 heterocycles. The van der Waals surface area contributed by atoms with Crippen LogP contribution in [0.15, 0.2) is 30.6 Å². The van der Waals surface area contributed by atoms with Crippen LogP contribution in [0.3, 0.4) is 0 Å². The lowest BCUT2D eigenvalue weighted by molar-refractivity contribution is 0.0589. The summed E-state index contributed by atoms with van der Waals surface area (Å²) in [6.07, 6.45) is 4.27. The first-order valence-corrected chi connectivity index (χ1v) is 10.2. The molecule has 3 aromatic heterocycles. The summed E-state index contributed by atoms with van der Waals surface area (Å²) >= 11 is 0. The molecule has 0 aromatic carbocycles. The highest BCUT2D eigenvalue weighted by molar-refractivity contribution is 5.97. The number of likely N-dealkylation sites (tertiary alicyclic amines) is 1. The van der Waals surface area contributed by atoms with E-state index in [-0.39, 0.29) is 11.9 Å². The predicted molar refractivity (Wildman–Crippen MR) is 111 cm³/mol. The standard InChI is InChI=1S/C21H24N8O/c1-13-4-5-17(19(23-13)29-9-7-22-26-29)20(30)27-8-6-16-11-28(18(16)12-27)21-24-14(2)10-15(3)25-21/h4-5,7,9-10,16,18H,6,8,11-12H2,1-3H3. The molecule has 154 valence electrons. The number of nitrogens with zero attached hydrogens (tertiary/aromatic N) is 8. The van der Waals surface area contributed by atoms with Crippen LogP contribution in [0, 0.1) is 26.7 Å². The molecule has 0 radical (unpaired) electrons. The van der Waals surface area contributed by atoms with Gasteiger partial charge in [-0.05, 0) is 45.4 Å². The van der Waals surface area contributed by atoms with Crippen molar-refractivity contribution < 1.29 is 4.79 Å². The topological polar surface area (TPSA) is 92.9 Å². The van der Waals surface area contributed by atoms with Crippen LogP contribution in [0.4, 0.5) is 5.95 Å². The Kier molecular flexibility index (Phi) is 4.45. The fraction of sp³-hybridized carbons (Fsp3) is 0.429. The Labute approximate surface area is 174 Å². The molecule has 9 nitrogen and oxygen atoms in total. The highest BCUT2D eigenvalue weighted by atomic mass is 16.2. The molecule has 2 atom stereocenters. The smallest absolute Gasteiger partial charge is 0.257 e. The number of piperidine rings is 1. The third-order valence-electron chi connectivity index (χ3n) is 5.95. The zero-order valence-electron chi connectivity index (χ0n) is 17.4. The summed E-state index contributed by atoms with van der Waals surface area (Å²) < 4.78 is 1.55. The molecule has 0 N–H and O–H groups in total. The van der Waals surface area contributed by atoms with Crippen LogP contribution in [0.25, 0.3) is 5.82 Å². The molecular formula is C21H24N8O. The van der Waals surface area contributed by atoms with Crippen LogP contribution in [-0.2, 0) is 0 Å².